The molecule has 0 radical (unpaired) electrons. The summed E-state index contributed by atoms with van der Waals surface area (Å²) in [6.07, 6.45) is 1.45. The number of aromatic amines is 1. The summed E-state index contributed by atoms with van der Waals surface area (Å²) in [5, 5.41) is 9.68. The predicted molar refractivity (Wildman–Crippen MR) is 70.9 cm³/mol. The van der Waals surface area contributed by atoms with Crippen LogP contribution in [-0.2, 0) is 10.5 Å². The molecule has 4 N–H and O–H groups in total. The summed E-state index contributed by atoms with van der Waals surface area (Å²) in [6.45, 7) is 0.295. The smallest absolute Gasteiger partial charge is 0.280 e. The van der Waals surface area contributed by atoms with Gasteiger partial charge in [0.25, 0.3) is 5.56 Å². The number of aliphatic hydroxyl groups is 1. The summed E-state index contributed by atoms with van der Waals surface area (Å²) in [6, 6.07) is 0. The summed E-state index contributed by atoms with van der Waals surface area (Å²) in [5.74, 6) is 1.43. The van der Waals surface area contributed by atoms with Crippen LogP contribution in [0.1, 0.15) is 0 Å². The highest BCUT2D eigenvalue weighted by Gasteiger charge is 2.37. The number of thioether (sulfide) groups is 1. The lowest BCUT2D eigenvalue weighted by Gasteiger charge is -2.36. The van der Waals surface area contributed by atoms with Crippen LogP contribution < -0.4 is 11.3 Å². The van der Waals surface area contributed by atoms with Gasteiger partial charge in [0.05, 0.1) is 19.5 Å². The van der Waals surface area contributed by atoms with Crippen LogP contribution in [0.2, 0.25) is 0 Å². The number of aromatic nitrogens is 4. The molecule has 102 valence electrons. The van der Waals surface area contributed by atoms with E-state index in [4.69, 9.17) is 10.5 Å². The van der Waals surface area contributed by atoms with Crippen molar-refractivity contribution >= 4 is 28.9 Å². The summed E-state index contributed by atoms with van der Waals surface area (Å²) < 4.78 is 7.29. The first-order valence-corrected chi connectivity index (χ1v) is 6.88. The number of ether oxygens (including phenoxy) is 1. The molecule has 9 heteroatoms. The van der Waals surface area contributed by atoms with Crippen molar-refractivity contribution in [1.29, 1.82) is 0 Å². The molecule has 1 atom stereocenters. The number of H-pyrrole nitrogens is 1. The average Bonchev–Trinajstić information content (AvgIpc) is 2.84. The third-order valence-corrected chi connectivity index (χ3v) is 4.15. The fourth-order valence-electron chi connectivity index (χ4n) is 2.10. The number of nitrogens with one attached hydrogen (secondary N) is 1. The number of anilines is 1. The molecule has 0 saturated carbocycles. The minimum Gasteiger partial charge on any atom is -0.391 e. The van der Waals surface area contributed by atoms with E-state index in [2.05, 4.69) is 15.0 Å². The van der Waals surface area contributed by atoms with Gasteiger partial charge in [0.2, 0.25) is 5.95 Å². The molecule has 0 aliphatic carbocycles. The van der Waals surface area contributed by atoms with E-state index >= 15 is 0 Å². The van der Waals surface area contributed by atoms with Gasteiger partial charge in [0, 0.05) is 11.5 Å². The van der Waals surface area contributed by atoms with Crippen LogP contribution in [-0.4, -0.2) is 49.3 Å². The molecule has 2 aromatic rings. The predicted octanol–water partition coefficient (Wildman–Crippen LogP) is -0.890. The molecule has 0 spiro atoms. The van der Waals surface area contributed by atoms with Gasteiger partial charge in [-0.15, -0.1) is 0 Å². The quantitative estimate of drug-likeness (QED) is 0.654. The number of nitrogens with zero attached hydrogens (tertiary/aromatic N) is 3. The minimum atomic E-state index is -0.940. The lowest BCUT2D eigenvalue weighted by molar-refractivity contribution is -0.117. The summed E-state index contributed by atoms with van der Waals surface area (Å²) in [4.78, 5) is 22.2. The third-order valence-electron chi connectivity index (χ3n) is 3.04. The molecular weight excluding hydrogens is 270 g/mol. The van der Waals surface area contributed by atoms with E-state index in [0.717, 1.165) is 5.75 Å². The number of rotatable bonds is 2. The van der Waals surface area contributed by atoms with Gasteiger partial charge < -0.3 is 15.6 Å². The zero-order valence-corrected chi connectivity index (χ0v) is 10.8. The number of nitrogen functional groups attached to an aromatic ring is 1. The second kappa shape index (κ2) is 4.51. The van der Waals surface area contributed by atoms with Gasteiger partial charge in [-0.2, -0.15) is 16.7 Å². The maximum absolute atomic E-state index is 11.7. The molecule has 1 unspecified atom stereocenters. The van der Waals surface area contributed by atoms with E-state index in [1.807, 2.05) is 0 Å². The second-order valence-corrected chi connectivity index (χ2v) is 5.35. The molecular formula is C10H13N5O3S. The number of aliphatic hydroxyl groups excluding tert-OH is 1. The van der Waals surface area contributed by atoms with Crippen LogP contribution in [0.4, 0.5) is 5.95 Å². The molecule has 19 heavy (non-hydrogen) atoms. The Kier molecular flexibility index (Phi) is 2.96. The normalized spacial score (nSPS) is 23.8. The van der Waals surface area contributed by atoms with Gasteiger partial charge in [-0.1, -0.05) is 0 Å². The SMILES string of the molecule is Nc1nc2c(ncn2C2(CO)CSCCO2)c(=O)[nH]1. The number of imidazole rings is 1. The van der Waals surface area contributed by atoms with Gasteiger partial charge >= 0.3 is 0 Å². The van der Waals surface area contributed by atoms with Crippen LogP contribution in [0.15, 0.2) is 11.1 Å². The Hall–Kier alpha value is -1.58. The van der Waals surface area contributed by atoms with Gasteiger partial charge in [-0.05, 0) is 0 Å². The van der Waals surface area contributed by atoms with Crippen LogP contribution >= 0.6 is 11.8 Å². The molecule has 0 bridgehead atoms. The lowest BCUT2D eigenvalue weighted by Crippen LogP contribution is -2.45. The van der Waals surface area contributed by atoms with Crippen molar-refractivity contribution in [3.63, 3.8) is 0 Å². The van der Waals surface area contributed by atoms with Crippen LogP contribution in [0, 0.1) is 0 Å². The highest BCUT2D eigenvalue weighted by molar-refractivity contribution is 7.99. The van der Waals surface area contributed by atoms with Crippen LogP contribution in [0.25, 0.3) is 11.2 Å². The maximum Gasteiger partial charge on any atom is 0.280 e. The summed E-state index contributed by atoms with van der Waals surface area (Å²) in [7, 11) is 0. The summed E-state index contributed by atoms with van der Waals surface area (Å²) >= 11 is 1.66. The van der Waals surface area contributed by atoms with Gasteiger partial charge in [-0.3, -0.25) is 14.3 Å². The molecule has 0 aromatic carbocycles. The van der Waals surface area contributed by atoms with Crippen molar-refractivity contribution < 1.29 is 9.84 Å². The molecule has 1 aliphatic heterocycles. The number of hydrogen-bond donors (Lipinski definition) is 3. The van der Waals surface area contributed by atoms with Crippen molar-refractivity contribution in [2.24, 2.45) is 0 Å². The molecule has 3 heterocycles. The van der Waals surface area contributed by atoms with Gasteiger partial charge in [0.1, 0.15) is 0 Å². The Balaban J connectivity index is 2.21. The standard InChI is InChI=1S/C10H13N5O3S/c11-9-13-7-6(8(17)14-9)12-5-15(7)10(3-16)4-19-2-1-18-10/h5,16H,1-4H2,(H3,11,13,14,17). The Labute approximate surface area is 112 Å². The van der Waals surface area contributed by atoms with Crippen molar-refractivity contribution in [1.82, 2.24) is 19.5 Å². The maximum atomic E-state index is 11.7. The molecule has 1 saturated heterocycles. The largest absolute Gasteiger partial charge is 0.391 e. The fraction of sp³-hybridized carbons (Fsp3) is 0.500. The number of nitrogens with two attached hydrogens (primary N) is 1. The molecule has 8 nitrogen and oxygen atoms in total. The average molecular weight is 283 g/mol. The Morgan fingerprint density at radius 1 is 1.68 bits per heavy atom. The van der Waals surface area contributed by atoms with Crippen molar-refractivity contribution in [3.05, 3.63) is 16.7 Å². The van der Waals surface area contributed by atoms with E-state index in [1.165, 1.54) is 6.33 Å². The first kappa shape index (κ1) is 12.5. The Morgan fingerprint density at radius 3 is 3.21 bits per heavy atom. The lowest BCUT2D eigenvalue weighted by atomic mass is 10.2. The van der Waals surface area contributed by atoms with Crippen LogP contribution in [0.3, 0.4) is 0 Å². The second-order valence-electron chi connectivity index (χ2n) is 4.24. The molecule has 2 aromatic heterocycles. The van der Waals surface area contributed by atoms with Gasteiger partial charge in [0.15, 0.2) is 16.9 Å². The Morgan fingerprint density at radius 2 is 2.53 bits per heavy atom. The first-order valence-electron chi connectivity index (χ1n) is 5.72. The van der Waals surface area contributed by atoms with E-state index in [0.29, 0.717) is 18.0 Å². The topological polar surface area (TPSA) is 119 Å². The van der Waals surface area contributed by atoms with Crippen LogP contribution in [0.5, 0.6) is 0 Å². The molecule has 0 amide bonds. The zero-order chi connectivity index (χ0) is 13.5. The third kappa shape index (κ3) is 1.90. The molecule has 3 rings (SSSR count). The number of fused-ring (bicyclic) bond motifs is 1. The molecule has 1 fully saturated rings. The summed E-state index contributed by atoms with van der Waals surface area (Å²) in [5.41, 5.74) is 4.71. The monoisotopic (exact) mass is 283 g/mol. The van der Waals surface area contributed by atoms with Crippen molar-refractivity contribution in [2.45, 2.75) is 5.72 Å². The van der Waals surface area contributed by atoms with Gasteiger partial charge in [-0.25, -0.2) is 4.98 Å². The molecule has 1 aliphatic rings. The number of hydrogen-bond acceptors (Lipinski definition) is 7. The van der Waals surface area contributed by atoms with Crippen molar-refractivity contribution in [3.8, 4) is 0 Å². The van der Waals surface area contributed by atoms with E-state index < -0.39 is 11.3 Å². The van der Waals surface area contributed by atoms with E-state index in [-0.39, 0.29) is 18.1 Å². The highest BCUT2D eigenvalue weighted by atomic mass is 32.2. The fourth-order valence-corrected chi connectivity index (χ4v) is 3.07. The van der Waals surface area contributed by atoms with E-state index in [1.54, 1.807) is 16.3 Å². The highest BCUT2D eigenvalue weighted by Crippen LogP contribution is 2.30. The first-order chi connectivity index (χ1) is 9.16. The van der Waals surface area contributed by atoms with Crippen molar-refractivity contribution in [2.75, 3.05) is 30.5 Å². The zero-order valence-electron chi connectivity index (χ0n) is 10.00. The Bertz CT molecular complexity index is 661. The van der Waals surface area contributed by atoms with E-state index in [9.17, 15) is 9.90 Å². The minimum absolute atomic E-state index is 0.0100.